The SMILES string of the molecule is CC(C)(C)c1nc(C2CCCO2)sc1CC#N. The average molecular weight is 250 g/mol. The van der Waals surface area contributed by atoms with Gasteiger partial charge in [0.2, 0.25) is 0 Å². The molecule has 1 saturated heterocycles. The lowest BCUT2D eigenvalue weighted by atomic mass is 9.91. The minimum atomic E-state index is -0.000459. The van der Waals surface area contributed by atoms with Gasteiger partial charge in [-0.1, -0.05) is 20.8 Å². The zero-order valence-corrected chi connectivity index (χ0v) is 11.4. The van der Waals surface area contributed by atoms with Crippen molar-refractivity contribution in [3.8, 4) is 6.07 Å². The molecule has 92 valence electrons. The van der Waals surface area contributed by atoms with E-state index in [0.29, 0.717) is 6.42 Å². The molecule has 1 aliphatic heterocycles. The van der Waals surface area contributed by atoms with Crippen molar-refractivity contribution in [3.05, 3.63) is 15.6 Å². The van der Waals surface area contributed by atoms with E-state index in [1.165, 1.54) is 0 Å². The van der Waals surface area contributed by atoms with Gasteiger partial charge in [-0.05, 0) is 12.8 Å². The Kier molecular flexibility index (Phi) is 3.50. The highest BCUT2D eigenvalue weighted by molar-refractivity contribution is 7.11. The summed E-state index contributed by atoms with van der Waals surface area (Å²) >= 11 is 1.65. The van der Waals surface area contributed by atoms with Crippen molar-refractivity contribution < 1.29 is 4.74 Å². The van der Waals surface area contributed by atoms with E-state index in [1.807, 2.05) is 0 Å². The molecule has 1 fully saturated rings. The van der Waals surface area contributed by atoms with Gasteiger partial charge in [-0.2, -0.15) is 5.26 Å². The van der Waals surface area contributed by atoms with Crippen LogP contribution in [-0.2, 0) is 16.6 Å². The van der Waals surface area contributed by atoms with Crippen molar-refractivity contribution in [2.45, 2.75) is 51.6 Å². The smallest absolute Gasteiger partial charge is 0.122 e. The quantitative estimate of drug-likeness (QED) is 0.808. The highest BCUT2D eigenvalue weighted by atomic mass is 32.1. The molecule has 1 atom stereocenters. The summed E-state index contributed by atoms with van der Waals surface area (Å²) in [5.74, 6) is 0. The van der Waals surface area contributed by atoms with Crippen molar-refractivity contribution in [2.24, 2.45) is 0 Å². The third-order valence-electron chi connectivity index (χ3n) is 2.87. The first-order chi connectivity index (χ1) is 8.02. The molecule has 1 unspecified atom stereocenters. The van der Waals surface area contributed by atoms with Crippen LogP contribution in [-0.4, -0.2) is 11.6 Å². The van der Waals surface area contributed by atoms with Crippen LogP contribution in [0.2, 0.25) is 0 Å². The Labute approximate surface area is 106 Å². The number of nitriles is 1. The first-order valence-corrected chi connectivity index (χ1v) is 6.82. The minimum Gasteiger partial charge on any atom is -0.371 e. The van der Waals surface area contributed by atoms with Gasteiger partial charge < -0.3 is 4.74 Å². The van der Waals surface area contributed by atoms with E-state index in [1.54, 1.807) is 11.3 Å². The Balaban J connectivity index is 2.34. The van der Waals surface area contributed by atoms with E-state index >= 15 is 0 Å². The molecule has 4 heteroatoms. The summed E-state index contributed by atoms with van der Waals surface area (Å²) in [5.41, 5.74) is 1.06. The van der Waals surface area contributed by atoms with Crippen LogP contribution in [0.25, 0.3) is 0 Å². The van der Waals surface area contributed by atoms with Crippen molar-refractivity contribution in [1.82, 2.24) is 4.98 Å². The Hall–Kier alpha value is -0.920. The van der Waals surface area contributed by atoms with E-state index in [0.717, 1.165) is 35.0 Å². The Morgan fingerprint density at radius 2 is 2.29 bits per heavy atom. The highest BCUT2D eigenvalue weighted by Gasteiger charge is 2.27. The van der Waals surface area contributed by atoms with Crippen molar-refractivity contribution in [2.75, 3.05) is 6.61 Å². The number of hydrogen-bond donors (Lipinski definition) is 0. The summed E-state index contributed by atoms with van der Waals surface area (Å²) in [6, 6.07) is 2.23. The third kappa shape index (κ3) is 2.67. The molecule has 0 radical (unpaired) electrons. The molecular formula is C13H18N2OS. The number of ether oxygens (including phenoxy) is 1. The molecule has 1 aromatic heterocycles. The lowest BCUT2D eigenvalue weighted by molar-refractivity contribution is 0.111. The molecule has 2 rings (SSSR count). The fourth-order valence-electron chi connectivity index (χ4n) is 2.06. The van der Waals surface area contributed by atoms with E-state index in [9.17, 15) is 0 Å². The van der Waals surface area contributed by atoms with Gasteiger partial charge in [0.1, 0.15) is 11.1 Å². The van der Waals surface area contributed by atoms with Crippen LogP contribution < -0.4 is 0 Å². The summed E-state index contributed by atoms with van der Waals surface area (Å²) in [6.45, 7) is 7.26. The maximum absolute atomic E-state index is 8.88. The molecule has 0 N–H and O–H groups in total. The molecule has 0 spiro atoms. The number of aromatic nitrogens is 1. The second-order valence-electron chi connectivity index (χ2n) is 5.41. The second kappa shape index (κ2) is 4.75. The van der Waals surface area contributed by atoms with Crippen LogP contribution in [0.3, 0.4) is 0 Å². The summed E-state index contributed by atoms with van der Waals surface area (Å²) in [5, 5.41) is 9.94. The van der Waals surface area contributed by atoms with Crippen LogP contribution in [0.1, 0.15) is 55.3 Å². The molecule has 2 heterocycles. The van der Waals surface area contributed by atoms with Crippen LogP contribution in [0, 0.1) is 11.3 Å². The molecule has 1 aliphatic rings. The Morgan fingerprint density at radius 1 is 1.53 bits per heavy atom. The summed E-state index contributed by atoms with van der Waals surface area (Å²) < 4.78 is 5.66. The van der Waals surface area contributed by atoms with Crippen molar-refractivity contribution >= 4 is 11.3 Å². The summed E-state index contributed by atoms with van der Waals surface area (Å²) in [7, 11) is 0. The molecule has 0 bridgehead atoms. The molecule has 17 heavy (non-hydrogen) atoms. The maximum Gasteiger partial charge on any atom is 0.122 e. The summed E-state index contributed by atoms with van der Waals surface area (Å²) in [6.07, 6.45) is 2.79. The van der Waals surface area contributed by atoms with Crippen molar-refractivity contribution in [3.63, 3.8) is 0 Å². The van der Waals surface area contributed by atoms with Gasteiger partial charge in [-0.3, -0.25) is 0 Å². The first kappa shape index (κ1) is 12.5. The van der Waals surface area contributed by atoms with Gasteiger partial charge in [0, 0.05) is 16.9 Å². The molecule has 0 aromatic carbocycles. The lowest BCUT2D eigenvalue weighted by Crippen LogP contribution is -2.14. The zero-order valence-electron chi connectivity index (χ0n) is 10.6. The maximum atomic E-state index is 8.88. The zero-order chi connectivity index (χ0) is 12.5. The van der Waals surface area contributed by atoms with E-state index in [4.69, 9.17) is 15.0 Å². The Morgan fingerprint density at radius 3 is 2.82 bits per heavy atom. The van der Waals surface area contributed by atoms with Gasteiger partial charge in [-0.25, -0.2) is 4.98 Å². The second-order valence-corrected chi connectivity index (χ2v) is 6.53. The van der Waals surface area contributed by atoms with Crippen molar-refractivity contribution in [1.29, 1.82) is 5.26 Å². The van der Waals surface area contributed by atoms with Gasteiger partial charge in [-0.15, -0.1) is 11.3 Å². The predicted molar refractivity (Wildman–Crippen MR) is 68.1 cm³/mol. The normalized spacial score (nSPS) is 20.5. The average Bonchev–Trinajstić information content (AvgIpc) is 2.82. The van der Waals surface area contributed by atoms with Gasteiger partial charge in [0.05, 0.1) is 18.2 Å². The van der Waals surface area contributed by atoms with Gasteiger partial charge >= 0.3 is 0 Å². The standard InChI is InChI=1S/C13H18N2OS/c1-13(2,3)11-10(6-7-14)17-12(15-11)9-5-4-8-16-9/h9H,4-6,8H2,1-3H3. The van der Waals surface area contributed by atoms with Gasteiger partial charge in [0.15, 0.2) is 0 Å². The fraction of sp³-hybridized carbons (Fsp3) is 0.692. The molecule has 0 aliphatic carbocycles. The molecular weight excluding hydrogens is 232 g/mol. The minimum absolute atomic E-state index is 0.000459. The third-order valence-corrected chi connectivity index (χ3v) is 4.02. The van der Waals surface area contributed by atoms with Crippen LogP contribution in [0.4, 0.5) is 0 Å². The first-order valence-electron chi connectivity index (χ1n) is 6.01. The van der Waals surface area contributed by atoms with Crippen LogP contribution in [0.5, 0.6) is 0 Å². The topological polar surface area (TPSA) is 45.9 Å². The van der Waals surface area contributed by atoms with E-state index in [-0.39, 0.29) is 11.5 Å². The summed E-state index contributed by atoms with van der Waals surface area (Å²) in [4.78, 5) is 5.83. The largest absolute Gasteiger partial charge is 0.371 e. The molecule has 3 nitrogen and oxygen atoms in total. The fourth-order valence-corrected chi connectivity index (χ4v) is 3.35. The number of hydrogen-bond acceptors (Lipinski definition) is 4. The predicted octanol–water partition coefficient (Wildman–Crippen LogP) is 3.36. The molecule has 0 amide bonds. The number of rotatable bonds is 2. The number of thiazole rings is 1. The van der Waals surface area contributed by atoms with Crippen LogP contribution in [0.15, 0.2) is 0 Å². The molecule has 0 saturated carbocycles. The van der Waals surface area contributed by atoms with E-state index < -0.39 is 0 Å². The van der Waals surface area contributed by atoms with E-state index in [2.05, 4.69) is 26.8 Å². The Bertz CT molecular complexity index is 433. The highest BCUT2D eigenvalue weighted by Crippen LogP contribution is 2.36. The molecule has 1 aromatic rings. The number of nitrogens with zero attached hydrogens (tertiary/aromatic N) is 2. The lowest BCUT2D eigenvalue weighted by Gasteiger charge is -2.16. The van der Waals surface area contributed by atoms with Gasteiger partial charge in [0.25, 0.3) is 0 Å². The monoisotopic (exact) mass is 250 g/mol. The van der Waals surface area contributed by atoms with Crippen LogP contribution >= 0.6 is 11.3 Å².